The predicted octanol–water partition coefficient (Wildman–Crippen LogP) is 3.04. The van der Waals surface area contributed by atoms with Crippen LogP contribution in [0.25, 0.3) is 0 Å². The number of carbonyl (C=O) groups excluding carboxylic acids is 1. The summed E-state index contributed by atoms with van der Waals surface area (Å²) < 4.78 is 45.7. The van der Waals surface area contributed by atoms with Gasteiger partial charge in [0, 0.05) is 30.7 Å². The number of hydrogen-bond acceptors (Lipinski definition) is 6. The summed E-state index contributed by atoms with van der Waals surface area (Å²) in [5.74, 6) is -0.729. The lowest BCUT2D eigenvalue weighted by Gasteiger charge is -2.30. The standard InChI is InChI=1S/C20H21ClF3N5O2/c1-25-20(5-6-31-10-20)18(30)29-8-13-14(9-29)27-19(21)28-17(13)26-7-11-3-2-4-12(15(11)22)16(23)24/h2-4,16,25H,5-10H2,1H3,(H,26,27,28). The highest BCUT2D eigenvalue weighted by Gasteiger charge is 2.45. The summed E-state index contributed by atoms with van der Waals surface area (Å²) >= 11 is 6.05. The van der Waals surface area contributed by atoms with Crippen LogP contribution in [-0.2, 0) is 29.2 Å². The first-order chi connectivity index (χ1) is 14.8. The maximum Gasteiger partial charge on any atom is 0.266 e. The normalized spacial score (nSPS) is 20.4. The molecule has 0 aliphatic carbocycles. The first-order valence-electron chi connectivity index (χ1n) is 9.75. The molecule has 1 saturated heterocycles. The lowest BCUT2D eigenvalue weighted by Crippen LogP contribution is -2.56. The van der Waals surface area contributed by atoms with Gasteiger partial charge in [-0.05, 0) is 18.6 Å². The molecule has 2 aliphatic heterocycles. The number of nitrogens with zero attached hydrogens (tertiary/aromatic N) is 3. The summed E-state index contributed by atoms with van der Waals surface area (Å²) in [5, 5.41) is 6.02. The molecule has 31 heavy (non-hydrogen) atoms. The Bertz CT molecular complexity index is 1000. The molecule has 7 nitrogen and oxygen atoms in total. The Balaban J connectivity index is 1.54. The zero-order valence-electron chi connectivity index (χ0n) is 16.7. The molecule has 11 heteroatoms. The number of ether oxygens (including phenoxy) is 1. The van der Waals surface area contributed by atoms with Gasteiger partial charge in [-0.2, -0.15) is 0 Å². The molecule has 1 amide bonds. The van der Waals surface area contributed by atoms with Crippen molar-refractivity contribution in [2.75, 3.05) is 25.6 Å². The first kappa shape index (κ1) is 21.8. The number of fused-ring (bicyclic) bond motifs is 1. The second kappa shape index (κ2) is 8.60. The zero-order chi connectivity index (χ0) is 22.2. The van der Waals surface area contributed by atoms with Crippen molar-refractivity contribution in [3.05, 3.63) is 51.7 Å². The predicted molar refractivity (Wildman–Crippen MR) is 107 cm³/mol. The smallest absolute Gasteiger partial charge is 0.266 e. The van der Waals surface area contributed by atoms with E-state index in [9.17, 15) is 18.0 Å². The van der Waals surface area contributed by atoms with Crippen LogP contribution in [0.15, 0.2) is 18.2 Å². The van der Waals surface area contributed by atoms with Crippen LogP contribution in [0.5, 0.6) is 0 Å². The fourth-order valence-corrected chi connectivity index (χ4v) is 4.13. The molecule has 4 rings (SSSR count). The second-order valence-electron chi connectivity index (χ2n) is 7.54. The van der Waals surface area contributed by atoms with Crippen LogP contribution in [-0.4, -0.2) is 46.6 Å². The Morgan fingerprint density at radius 3 is 2.84 bits per heavy atom. The maximum atomic E-state index is 14.4. The van der Waals surface area contributed by atoms with Crippen molar-refractivity contribution >= 4 is 23.3 Å². The minimum Gasteiger partial charge on any atom is -0.379 e. The maximum absolute atomic E-state index is 14.4. The van der Waals surface area contributed by atoms with E-state index in [1.807, 2.05) is 0 Å². The molecular weight excluding hydrogens is 435 g/mol. The topological polar surface area (TPSA) is 79.4 Å². The van der Waals surface area contributed by atoms with Crippen molar-refractivity contribution < 1.29 is 22.7 Å². The van der Waals surface area contributed by atoms with Crippen LogP contribution in [0, 0.1) is 5.82 Å². The van der Waals surface area contributed by atoms with E-state index >= 15 is 0 Å². The molecule has 1 aromatic heterocycles. The van der Waals surface area contributed by atoms with Crippen molar-refractivity contribution in [1.82, 2.24) is 20.2 Å². The van der Waals surface area contributed by atoms with E-state index in [0.29, 0.717) is 30.1 Å². The number of alkyl halides is 2. The number of hydrogen-bond donors (Lipinski definition) is 2. The molecule has 3 heterocycles. The van der Waals surface area contributed by atoms with E-state index in [1.54, 1.807) is 11.9 Å². The summed E-state index contributed by atoms with van der Waals surface area (Å²) in [6.07, 6.45) is -2.34. The molecule has 2 aliphatic rings. The van der Waals surface area contributed by atoms with E-state index in [2.05, 4.69) is 20.6 Å². The van der Waals surface area contributed by atoms with Crippen molar-refractivity contribution in [1.29, 1.82) is 0 Å². The van der Waals surface area contributed by atoms with Crippen LogP contribution < -0.4 is 10.6 Å². The highest BCUT2D eigenvalue weighted by Crippen LogP contribution is 2.32. The summed E-state index contributed by atoms with van der Waals surface area (Å²) in [5.41, 5.74) is -0.120. The van der Waals surface area contributed by atoms with Gasteiger partial charge in [0.05, 0.1) is 31.0 Å². The number of halogens is 4. The Morgan fingerprint density at radius 2 is 2.16 bits per heavy atom. The van der Waals surface area contributed by atoms with Crippen molar-refractivity contribution in [3.63, 3.8) is 0 Å². The fraction of sp³-hybridized carbons (Fsp3) is 0.450. The van der Waals surface area contributed by atoms with Crippen molar-refractivity contribution in [2.24, 2.45) is 0 Å². The molecular formula is C20H21ClF3N5O2. The highest BCUT2D eigenvalue weighted by atomic mass is 35.5. The van der Waals surface area contributed by atoms with Gasteiger partial charge in [-0.1, -0.05) is 18.2 Å². The third kappa shape index (κ3) is 4.07. The number of rotatable bonds is 6. The van der Waals surface area contributed by atoms with Crippen LogP contribution in [0.2, 0.25) is 5.28 Å². The Kier molecular flexibility index (Phi) is 6.05. The van der Waals surface area contributed by atoms with Gasteiger partial charge in [0.25, 0.3) is 6.43 Å². The van der Waals surface area contributed by atoms with Gasteiger partial charge in [-0.25, -0.2) is 23.1 Å². The van der Waals surface area contributed by atoms with E-state index < -0.39 is 23.3 Å². The van der Waals surface area contributed by atoms with Gasteiger partial charge >= 0.3 is 0 Å². The minimum absolute atomic E-state index is 0.0233. The molecule has 0 saturated carbocycles. The van der Waals surface area contributed by atoms with E-state index in [1.165, 1.54) is 12.1 Å². The van der Waals surface area contributed by atoms with E-state index in [0.717, 1.165) is 6.07 Å². The largest absolute Gasteiger partial charge is 0.379 e. The van der Waals surface area contributed by atoms with Crippen molar-refractivity contribution in [2.45, 2.75) is 38.0 Å². The SMILES string of the molecule is CNC1(C(=O)N2Cc3nc(Cl)nc(NCc4cccc(C(F)F)c4F)c3C2)CCOC1. The Hall–Kier alpha value is -2.43. The molecule has 2 N–H and O–H groups in total. The van der Waals surface area contributed by atoms with Crippen LogP contribution in [0.4, 0.5) is 19.0 Å². The summed E-state index contributed by atoms with van der Waals surface area (Å²) in [6.45, 7) is 1.20. The molecule has 0 bridgehead atoms. The molecule has 1 unspecified atom stereocenters. The number of benzene rings is 1. The lowest BCUT2D eigenvalue weighted by atomic mass is 9.97. The molecule has 1 aromatic carbocycles. The average molecular weight is 456 g/mol. The van der Waals surface area contributed by atoms with E-state index in [-0.39, 0.29) is 43.0 Å². The zero-order valence-corrected chi connectivity index (χ0v) is 17.5. The number of likely N-dealkylation sites (N-methyl/N-ethyl adjacent to an activating group) is 1. The highest BCUT2D eigenvalue weighted by molar-refractivity contribution is 6.28. The average Bonchev–Trinajstić information content (AvgIpc) is 3.39. The molecule has 2 aromatic rings. The van der Waals surface area contributed by atoms with Crippen LogP contribution >= 0.6 is 11.6 Å². The van der Waals surface area contributed by atoms with Gasteiger partial charge in [0.2, 0.25) is 11.2 Å². The van der Waals surface area contributed by atoms with Crippen LogP contribution in [0.3, 0.4) is 0 Å². The first-order valence-corrected chi connectivity index (χ1v) is 10.1. The van der Waals surface area contributed by atoms with Gasteiger partial charge in [0.1, 0.15) is 17.2 Å². The lowest BCUT2D eigenvalue weighted by molar-refractivity contribution is -0.139. The molecule has 1 fully saturated rings. The number of nitrogens with one attached hydrogen (secondary N) is 2. The fourth-order valence-electron chi connectivity index (χ4n) is 3.94. The summed E-state index contributed by atoms with van der Waals surface area (Å²) in [4.78, 5) is 23.2. The van der Waals surface area contributed by atoms with Crippen LogP contribution in [0.1, 0.15) is 35.2 Å². The van der Waals surface area contributed by atoms with Gasteiger partial charge in [-0.3, -0.25) is 4.79 Å². The number of anilines is 1. The number of amides is 1. The molecule has 166 valence electrons. The van der Waals surface area contributed by atoms with Crippen molar-refractivity contribution in [3.8, 4) is 0 Å². The number of carbonyl (C=O) groups is 1. The molecule has 1 atom stereocenters. The van der Waals surface area contributed by atoms with Gasteiger partial charge < -0.3 is 20.3 Å². The van der Waals surface area contributed by atoms with Gasteiger partial charge in [-0.15, -0.1) is 0 Å². The Morgan fingerprint density at radius 1 is 1.35 bits per heavy atom. The van der Waals surface area contributed by atoms with Gasteiger partial charge in [0.15, 0.2) is 0 Å². The van der Waals surface area contributed by atoms with E-state index in [4.69, 9.17) is 16.3 Å². The quantitative estimate of drug-likeness (QED) is 0.652. The third-order valence-corrected chi connectivity index (χ3v) is 5.91. The minimum atomic E-state index is -2.91. The molecule has 0 radical (unpaired) electrons. The monoisotopic (exact) mass is 455 g/mol. The second-order valence-corrected chi connectivity index (χ2v) is 7.88. The summed E-state index contributed by atoms with van der Waals surface area (Å²) in [6, 6.07) is 3.85. The number of aromatic nitrogens is 2. The molecule has 0 spiro atoms. The third-order valence-electron chi connectivity index (χ3n) is 5.74. The Labute approximate surface area is 182 Å². The summed E-state index contributed by atoms with van der Waals surface area (Å²) in [7, 11) is 1.72.